The lowest BCUT2D eigenvalue weighted by atomic mass is 10.4. The predicted octanol–water partition coefficient (Wildman–Crippen LogP) is 0.691. The Bertz CT molecular complexity index is 535. The number of anilines is 1. The largest absolute Gasteiger partial charge is 0.365 e. The van der Waals surface area contributed by atoms with Crippen molar-refractivity contribution >= 4 is 5.82 Å². The summed E-state index contributed by atoms with van der Waals surface area (Å²) in [5, 5.41) is 6.49. The zero-order valence-electron chi connectivity index (χ0n) is 10.2. The minimum Gasteiger partial charge on any atom is -0.365 e. The molecule has 2 aromatic rings. The SMILES string of the molecule is CCCn1ccnc(NCCc2ncno2)c1=O. The molecule has 0 aliphatic heterocycles. The molecule has 0 atom stereocenters. The lowest BCUT2D eigenvalue weighted by molar-refractivity contribution is 0.379. The van der Waals surface area contributed by atoms with Crippen LogP contribution in [0.4, 0.5) is 5.82 Å². The monoisotopic (exact) mass is 249 g/mol. The third kappa shape index (κ3) is 2.93. The van der Waals surface area contributed by atoms with Gasteiger partial charge in [-0.2, -0.15) is 4.98 Å². The van der Waals surface area contributed by atoms with Crippen molar-refractivity contribution in [2.45, 2.75) is 26.3 Å². The molecule has 0 bridgehead atoms. The number of rotatable bonds is 6. The number of aryl methyl sites for hydroxylation is 1. The van der Waals surface area contributed by atoms with Crippen molar-refractivity contribution in [3.05, 3.63) is 35.0 Å². The van der Waals surface area contributed by atoms with Crippen molar-refractivity contribution in [3.8, 4) is 0 Å². The molecule has 1 N–H and O–H groups in total. The van der Waals surface area contributed by atoms with Crippen molar-refractivity contribution < 1.29 is 4.52 Å². The third-order valence-electron chi connectivity index (χ3n) is 2.42. The second-order valence-corrected chi connectivity index (χ2v) is 3.79. The van der Waals surface area contributed by atoms with Crippen LogP contribution in [0.3, 0.4) is 0 Å². The summed E-state index contributed by atoms with van der Waals surface area (Å²) >= 11 is 0. The molecule has 0 aliphatic carbocycles. The van der Waals surface area contributed by atoms with Crippen LogP contribution in [0.2, 0.25) is 0 Å². The van der Waals surface area contributed by atoms with Crippen molar-refractivity contribution in [1.29, 1.82) is 0 Å². The van der Waals surface area contributed by atoms with Crippen molar-refractivity contribution in [3.63, 3.8) is 0 Å². The van der Waals surface area contributed by atoms with Gasteiger partial charge < -0.3 is 14.4 Å². The van der Waals surface area contributed by atoms with Crippen LogP contribution in [0.5, 0.6) is 0 Å². The second-order valence-electron chi connectivity index (χ2n) is 3.79. The van der Waals surface area contributed by atoms with E-state index >= 15 is 0 Å². The normalized spacial score (nSPS) is 10.5. The Labute approximate surface area is 104 Å². The van der Waals surface area contributed by atoms with Gasteiger partial charge in [0.1, 0.15) is 0 Å². The summed E-state index contributed by atoms with van der Waals surface area (Å²) in [7, 11) is 0. The Balaban J connectivity index is 1.97. The van der Waals surface area contributed by atoms with Gasteiger partial charge in [-0.25, -0.2) is 4.98 Å². The number of hydrogen-bond donors (Lipinski definition) is 1. The van der Waals surface area contributed by atoms with Crippen LogP contribution in [0.1, 0.15) is 19.2 Å². The van der Waals surface area contributed by atoms with Crippen LogP contribution in [-0.4, -0.2) is 26.2 Å². The van der Waals surface area contributed by atoms with Crippen LogP contribution >= 0.6 is 0 Å². The Morgan fingerprint density at radius 2 is 2.33 bits per heavy atom. The van der Waals surface area contributed by atoms with E-state index in [0.29, 0.717) is 31.2 Å². The number of hydrogen-bond acceptors (Lipinski definition) is 6. The fourth-order valence-electron chi connectivity index (χ4n) is 1.58. The molecule has 0 saturated heterocycles. The minimum absolute atomic E-state index is 0.107. The summed E-state index contributed by atoms with van der Waals surface area (Å²) in [6.07, 6.45) is 6.13. The average Bonchev–Trinajstić information content (AvgIpc) is 2.87. The second kappa shape index (κ2) is 5.95. The van der Waals surface area contributed by atoms with Gasteiger partial charge in [-0.15, -0.1) is 0 Å². The fraction of sp³-hybridized carbons (Fsp3) is 0.455. The van der Waals surface area contributed by atoms with Crippen molar-refractivity contribution in [1.82, 2.24) is 19.7 Å². The van der Waals surface area contributed by atoms with Gasteiger partial charge in [0.25, 0.3) is 5.56 Å². The molecule has 0 aromatic carbocycles. The number of aromatic nitrogens is 4. The first-order valence-corrected chi connectivity index (χ1v) is 5.86. The van der Waals surface area contributed by atoms with Crippen molar-refractivity contribution in [2.75, 3.05) is 11.9 Å². The number of nitrogens with zero attached hydrogens (tertiary/aromatic N) is 4. The molecular formula is C11H15N5O2. The molecule has 0 unspecified atom stereocenters. The molecule has 0 aliphatic rings. The lowest BCUT2D eigenvalue weighted by Crippen LogP contribution is -2.25. The summed E-state index contributed by atoms with van der Waals surface area (Å²) < 4.78 is 6.50. The molecule has 0 amide bonds. The van der Waals surface area contributed by atoms with Crippen LogP contribution in [-0.2, 0) is 13.0 Å². The lowest BCUT2D eigenvalue weighted by Gasteiger charge is -2.06. The van der Waals surface area contributed by atoms with Gasteiger partial charge in [0.15, 0.2) is 12.1 Å². The topological polar surface area (TPSA) is 85.8 Å². The Kier molecular flexibility index (Phi) is 4.06. The average molecular weight is 249 g/mol. The first-order valence-electron chi connectivity index (χ1n) is 5.86. The highest BCUT2D eigenvalue weighted by Crippen LogP contribution is 1.96. The van der Waals surface area contributed by atoms with Gasteiger partial charge in [0.05, 0.1) is 0 Å². The Morgan fingerprint density at radius 1 is 1.44 bits per heavy atom. The maximum Gasteiger partial charge on any atom is 0.293 e. The highest BCUT2D eigenvalue weighted by Gasteiger charge is 2.04. The summed E-state index contributed by atoms with van der Waals surface area (Å²) in [5.41, 5.74) is -0.107. The molecule has 7 heteroatoms. The van der Waals surface area contributed by atoms with Crippen LogP contribution < -0.4 is 10.9 Å². The molecule has 0 radical (unpaired) electrons. The molecule has 0 spiro atoms. The molecule has 7 nitrogen and oxygen atoms in total. The van der Waals surface area contributed by atoms with E-state index in [9.17, 15) is 4.79 Å². The van der Waals surface area contributed by atoms with Gasteiger partial charge in [0.2, 0.25) is 5.89 Å². The Morgan fingerprint density at radius 3 is 3.06 bits per heavy atom. The van der Waals surface area contributed by atoms with Crippen LogP contribution in [0.25, 0.3) is 0 Å². The first-order chi connectivity index (χ1) is 8.81. The first kappa shape index (κ1) is 12.3. The van der Waals surface area contributed by atoms with Gasteiger partial charge in [-0.1, -0.05) is 12.1 Å². The summed E-state index contributed by atoms with van der Waals surface area (Å²) in [4.78, 5) is 19.9. The minimum atomic E-state index is -0.107. The highest BCUT2D eigenvalue weighted by molar-refractivity contribution is 5.30. The van der Waals surface area contributed by atoms with E-state index in [1.807, 2.05) is 6.92 Å². The standard InChI is InChI=1S/C11H15N5O2/c1-2-6-16-7-5-13-10(11(16)17)12-4-3-9-14-8-15-18-9/h5,7-8H,2-4,6H2,1H3,(H,12,13). The molecule has 2 aromatic heterocycles. The van der Waals surface area contributed by atoms with Gasteiger partial charge in [-0.05, 0) is 6.42 Å². The van der Waals surface area contributed by atoms with Gasteiger partial charge in [-0.3, -0.25) is 4.79 Å². The summed E-state index contributed by atoms with van der Waals surface area (Å²) in [6.45, 7) is 3.25. The van der Waals surface area contributed by atoms with Gasteiger partial charge >= 0.3 is 0 Å². The molecule has 2 heterocycles. The van der Waals surface area contributed by atoms with E-state index in [2.05, 4.69) is 20.4 Å². The van der Waals surface area contributed by atoms with E-state index in [-0.39, 0.29) is 5.56 Å². The smallest absolute Gasteiger partial charge is 0.293 e. The van der Waals surface area contributed by atoms with E-state index in [1.165, 1.54) is 6.33 Å². The third-order valence-corrected chi connectivity index (χ3v) is 2.42. The maximum atomic E-state index is 11.9. The molecular weight excluding hydrogens is 234 g/mol. The van der Waals surface area contributed by atoms with Crippen molar-refractivity contribution in [2.24, 2.45) is 0 Å². The molecule has 0 saturated carbocycles. The highest BCUT2D eigenvalue weighted by atomic mass is 16.5. The Hall–Kier alpha value is -2.18. The van der Waals surface area contributed by atoms with Crippen LogP contribution in [0, 0.1) is 0 Å². The van der Waals surface area contributed by atoms with E-state index in [1.54, 1.807) is 17.0 Å². The zero-order chi connectivity index (χ0) is 12.8. The summed E-state index contributed by atoms with van der Waals surface area (Å²) in [5.74, 6) is 0.887. The molecule has 18 heavy (non-hydrogen) atoms. The molecule has 2 rings (SSSR count). The van der Waals surface area contributed by atoms with E-state index in [4.69, 9.17) is 4.52 Å². The quantitative estimate of drug-likeness (QED) is 0.810. The molecule has 0 fully saturated rings. The van der Waals surface area contributed by atoms with Gasteiger partial charge in [0, 0.05) is 31.9 Å². The summed E-state index contributed by atoms with van der Waals surface area (Å²) in [6, 6.07) is 0. The zero-order valence-corrected chi connectivity index (χ0v) is 10.2. The number of nitrogens with one attached hydrogen (secondary N) is 1. The fourth-order valence-corrected chi connectivity index (χ4v) is 1.58. The predicted molar refractivity (Wildman–Crippen MR) is 65.3 cm³/mol. The van der Waals surface area contributed by atoms with E-state index in [0.717, 1.165) is 6.42 Å². The van der Waals surface area contributed by atoms with E-state index < -0.39 is 0 Å². The van der Waals surface area contributed by atoms with Crippen LogP contribution in [0.15, 0.2) is 28.0 Å². The maximum absolute atomic E-state index is 11.9. The molecule has 96 valence electrons.